The van der Waals surface area contributed by atoms with Crippen LogP contribution in [0.2, 0.25) is 0 Å². The fourth-order valence-corrected chi connectivity index (χ4v) is 1.53. The molecule has 0 bridgehead atoms. The van der Waals surface area contributed by atoms with Crippen LogP contribution in [0.4, 0.5) is 13.2 Å². The van der Waals surface area contributed by atoms with Crippen molar-refractivity contribution in [2.45, 2.75) is 24.9 Å². The maximum absolute atomic E-state index is 12.5. The van der Waals surface area contributed by atoms with Crippen molar-refractivity contribution in [3.8, 4) is 6.07 Å². The molecule has 1 aromatic carbocycles. The maximum atomic E-state index is 12.5. The average Bonchev–Trinajstić information content (AvgIpc) is 2.99. The largest absolute Gasteiger partial charge is 0.416 e. The van der Waals surface area contributed by atoms with E-state index in [0.717, 1.165) is 25.0 Å². The van der Waals surface area contributed by atoms with Crippen LogP contribution >= 0.6 is 0 Å². The Bertz CT molecular complexity index is 424. The number of nitrogens with zero attached hydrogens (tertiary/aromatic N) is 1. The zero-order valence-electron chi connectivity index (χ0n) is 7.80. The molecule has 15 heavy (non-hydrogen) atoms. The molecule has 1 fully saturated rings. The molecule has 0 heterocycles. The third-order valence-corrected chi connectivity index (χ3v) is 2.46. The summed E-state index contributed by atoms with van der Waals surface area (Å²) in [6, 6.07) is 5.36. The van der Waals surface area contributed by atoms with Crippen molar-refractivity contribution >= 4 is 0 Å². The lowest BCUT2D eigenvalue weighted by atomic mass is 10.0. The molecule has 0 atom stereocenters. The molecule has 0 aromatic heterocycles. The summed E-state index contributed by atoms with van der Waals surface area (Å²) in [4.78, 5) is 0. The summed E-state index contributed by atoms with van der Waals surface area (Å²) in [5.74, 6) is 0.222. The van der Waals surface area contributed by atoms with Gasteiger partial charge < -0.3 is 0 Å². The first-order valence-corrected chi connectivity index (χ1v) is 4.63. The van der Waals surface area contributed by atoms with Gasteiger partial charge in [0.15, 0.2) is 0 Å². The zero-order chi connectivity index (χ0) is 11.1. The van der Waals surface area contributed by atoms with Crippen molar-refractivity contribution < 1.29 is 13.2 Å². The van der Waals surface area contributed by atoms with Crippen LogP contribution in [0.15, 0.2) is 18.2 Å². The van der Waals surface area contributed by atoms with Crippen LogP contribution in [-0.4, -0.2) is 0 Å². The van der Waals surface area contributed by atoms with Gasteiger partial charge in [-0.2, -0.15) is 18.4 Å². The van der Waals surface area contributed by atoms with Crippen molar-refractivity contribution in [1.82, 2.24) is 0 Å². The molecule has 1 aliphatic rings. The SMILES string of the molecule is N#Cc1cc(C2CC2)cc(C(F)(F)F)c1. The Morgan fingerprint density at radius 1 is 1.20 bits per heavy atom. The normalized spacial score (nSPS) is 16.1. The highest BCUT2D eigenvalue weighted by Gasteiger charge is 2.33. The van der Waals surface area contributed by atoms with E-state index in [2.05, 4.69) is 0 Å². The molecule has 78 valence electrons. The third kappa shape index (κ3) is 2.12. The van der Waals surface area contributed by atoms with Gasteiger partial charge in [0.1, 0.15) is 0 Å². The van der Waals surface area contributed by atoms with Crippen LogP contribution in [-0.2, 0) is 6.18 Å². The number of nitriles is 1. The second-order valence-corrected chi connectivity index (χ2v) is 3.73. The first kappa shape index (κ1) is 10.0. The minimum Gasteiger partial charge on any atom is -0.192 e. The Kier molecular flexibility index (Phi) is 2.18. The summed E-state index contributed by atoms with van der Waals surface area (Å²) in [5, 5.41) is 8.64. The van der Waals surface area contributed by atoms with Crippen LogP contribution in [0, 0.1) is 11.3 Å². The molecule has 2 rings (SSSR count). The minimum absolute atomic E-state index is 0.0896. The van der Waals surface area contributed by atoms with Gasteiger partial charge in [0.2, 0.25) is 0 Å². The first-order valence-electron chi connectivity index (χ1n) is 4.63. The predicted molar refractivity (Wildman–Crippen MR) is 48.1 cm³/mol. The van der Waals surface area contributed by atoms with Crippen molar-refractivity contribution in [2.75, 3.05) is 0 Å². The van der Waals surface area contributed by atoms with Gasteiger partial charge in [0.25, 0.3) is 0 Å². The highest BCUT2D eigenvalue weighted by molar-refractivity contribution is 5.41. The Morgan fingerprint density at radius 3 is 2.33 bits per heavy atom. The van der Waals surface area contributed by atoms with Gasteiger partial charge in [-0.05, 0) is 42.5 Å². The van der Waals surface area contributed by atoms with Crippen molar-refractivity contribution in [3.63, 3.8) is 0 Å². The number of alkyl halides is 3. The zero-order valence-corrected chi connectivity index (χ0v) is 7.80. The molecular formula is C11H8F3N. The third-order valence-electron chi connectivity index (χ3n) is 2.46. The van der Waals surface area contributed by atoms with E-state index < -0.39 is 11.7 Å². The lowest BCUT2D eigenvalue weighted by Gasteiger charge is -2.09. The molecular weight excluding hydrogens is 203 g/mol. The summed E-state index contributed by atoms with van der Waals surface area (Å²) in [6.07, 6.45) is -2.52. The monoisotopic (exact) mass is 211 g/mol. The van der Waals surface area contributed by atoms with Crippen LogP contribution in [0.1, 0.15) is 35.4 Å². The van der Waals surface area contributed by atoms with Gasteiger partial charge >= 0.3 is 6.18 Å². The van der Waals surface area contributed by atoms with Gasteiger partial charge in [-0.25, -0.2) is 0 Å². The van der Waals surface area contributed by atoms with E-state index in [1.807, 2.05) is 0 Å². The fourth-order valence-electron chi connectivity index (χ4n) is 1.53. The quantitative estimate of drug-likeness (QED) is 0.697. The van der Waals surface area contributed by atoms with Crippen LogP contribution in [0.5, 0.6) is 0 Å². The Morgan fingerprint density at radius 2 is 1.87 bits per heavy atom. The van der Waals surface area contributed by atoms with E-state index in [0.29, 0.717) is 5.56 Å². The van der Waals surface area contributed by atoms with E-state index in [9.17, 15) is 13.2 Å². The van der Waals surface area contributed by atoms with Gasteiger partial charge in [-0.1, -0.05) is 0 Å². The van der Waals surface area contributed by atoms with Crippen LogP contribution in [0.25, 0.3) is 0 Å². The lowest BCUT2D eigenvalue weighted by molar-refractivity contribution is -0.137. The average molecular weight is 211 g/mol. The standard InChI is InChI=1S/C11H8F3N/c12-11(13,14)10-4-7(6-15)3-9(5-10)8-1-2-8/h3-5,8H,1-2H2. The molecule has 1 aliphatic carbocycles. The van der Waals surface area contributed by atoms with Gasteiger partial charge in [0.05, 0.1) is 17.2 Å². The van der Waals surface area contributed by atoms with Gasteiger partial charge in [-0.15, -0.1) is 0 Å². The van der Waals surface area contributed by atoms with E-state index in [4.69, 9.17) is 5.26 Å². The molecule has 1 saturated carbocycles. The topological polar surface area (TPSA) is 23.8 Å². The van der Waals surface area contributed by atoms with Crippen LogP contribution < -0.4 is 0 Å². The summed E-state index contributed by atoms with van der Waals surface area (Å²) in [6.45, 7) is 0. The van der Waals surface area contributed by atoms with Crippen molar-refractivity contribution in [2.24, 2.45) is 0 Å². The summed E-state index contributed by atoms with van der Waals surface area (Å²) in [5.41, 5.74) is 0.0107. The molecule has 1 aromatic rings. The highest BCUT2D eigenvalue weighted by Crippen LogP contribution is 2.42. The van der Waals surface area contributed by atoms with Crippen molar-refractivity contribution in [3.05, 3.63) is 34.9 Å². The van der Waals surface area contributed by atoms with E-state index in [1.165, 1.54) is 0 Å². The second kappa shape index (κ2) is 3.27. The molecule has 0 radical (unpaired) electrons. The van der Waals surface area contributed by atoms with Crippen LogP contribution in [0.3, 0.4) is 0 Å². The number of rotatable bonds is 1. The Labute approximate surface area is 85.1 Å². The fraction of sp³-hybridized carbons (Fsp3) is 0.364. The molecule has 0 saturated heterocycles. The Balaban J connectivity index is 2.47. The first-order chi connectivity index (χ1) is 7.00. The number of halogens is 3. The molecule has 1 nitrogen and oxygen atoms in total. The smallest absolute Gasteiger partial charge is 0.192 e. The number of hydrogen-bond donors (Lipinski definition) is 0. The molecule has 0 N–H and O–H groups in total. The summed E-state index contributed by atoms with van der Waals surface area (Å²) >= 11 is 0. The molecule has 0 aliphatic heterocycles. The predicted octanol–water partition coefficient (Wildman–Crippen LogP) is 3.45. The summed E-state index contributed by atoms with van der Waals surface area (Å²) < 4.78 is 37.4. The van der Waals surface area contributed by atoms with Crippen molar-refractivity contribution in [1.29, 1.82) is 5.26 Å². The molecule has 0 spiro atoms. The van der Waals surface area contributed by atoms with E-state index in [1.54, 1.807) is 12.1 Å². The van der Waals surface area contributed by atoms with Gasteiger partial charge in [0, 0.05) is 0 Å². The minimum atomic E-state index is -4.36. The summed E-state index contributed by atoms with van der Waals surface area (Å²) in [7, 11) is 0. The van der Waals surface area contributed by atoms with Gasteiger partial charge in [-0.3, -0.25) is 0 Å². The Hall–Kier alpha value is -1.50. The second-order valence-electron chi connectivity index (χ2n) is 3.73. The molecule has 0 unspecified atom stereocenters. The highest BCUT2D eigenvalue weighted by atomic mass is 19.4. The maximum Gasteiger partial charge on any atom is 0.416 e. The molecule has 4 heteroatoms. The molecule has 0 amide bonds. The lowest BCUT2D eigenvalue weighted by Crippen LogP contribution is -2.06. The van der Waals surface area contributed by atoms with E-state index in [-0.39, 0.29) is 11.5 Å². The van der Waals surface area contributed by atoms with E-state index >= 15 is 0 Å². The number of hydrogen-bond acceptors (Lipinski definition) is 1. The number of benzene rings is 1.